The third-order valence-electron chi connectivity index (χ3n) is 6.05. The highest BCUT2D eigenvalue weighted by molar-refractivity contribution is 9.10. The zero-order valence-corrected chi connectivity index (χ0v) is 22.3. The summed E-state index contributed by atoms with van der Waals surface area (Å²) in [4.78, 5) is 17.9. The molecule has 2 N–H and O–H groups in total. The van der Waals surface area contributed by atoms with E-state index in [1.54, 1.807) is 22.9 Å². The number of ether oxygens (including phenoxy) is 2. The summed E-state index contributed by atoms with van der Waals surface area (Å²) in [7, 11) is 0. The quantitative estimate of drug-likeness (QED) is 0.263. The second-order valence-corrected chi connectivity index (χ2v) is 9.41. The van der Waals surface area contributed by atoms with E-state index < -0.39 is 6.04 Å². The molecule has 194 valence electrons. The van der Waals surface area contributed by atoms with Gasteiger partial charge in [0.05, 0.1) is 16.7 Å². The monoisotopic (exact) mass is 577 g/mol. The first-order chi connectivity index (χ1) is 18.5. The van der Waals surface area contributed by atoms with Crippen LogP contribution in [0.2, 0.25) is 0 Å². The van der Waals surface area contributed by atoms with Gasteiger partial charge in [-0.05, 0) is 65.7 Å². The number of fused-ring (bicyclic) bond motifs is 1. The number of hydrogen-bond acceptors (Lipinski definition) is 6. The van der Waals surface area contributed by atoms with Gasteiger partial charge < -0.3 is 20.1 Å². The number of para-hydroxylation sites is 1. The predicted molar refractivity (Wildman–Crippen MR) is 146 cm³/mol. The highest BCUT2D eigenvalue weighted by atomic mass is 79.9. The Morgan fingerprint density at radius 1 is 1.13 bits per heavy atom. The van der Waals surface area contributed by atoms with Crippen LogP contribution in [-0.4, -0.2) is 27.3 Å². The normalized spacial score (nSPS) is 14.5. The second-order valence-electron chi connectivity index (χ2n) is 8.56. The summed E-state index contributed by atoms with van der Waals surface area (Å²) in [5.41, 5.74) is 2.95. The zero-order valence-electron chi connectivity index (χ0n) is 20.7. The molecule has 0 radical (unpaired) electrons. The van der Waals surface area contributed by atoms with Crippen molar-refractivity contribution in [3.05, 3.63) is 106 Å². The molecule has 4 aromatic rings. The fraction of sp³-hybridized carbons (Fsp3) is 0.179. The first-order valence-electron chi connectivity index (χ1n) is 12.0. The molecule has 0 fully saturated rings. The summed E-state index contributed by atoms with van der Waals surface area (Å²) < 4.78 is 28.4. The molecular weight excluding hydrogens is 553 g/mol. The van der Waals surface area contributed by atoms with Gasteiger partial charge in [0.25, 0.3) is 5.91 Å². The molecule has 0 saturated heterocycles. The number of nitrogens with zero attached hydrogens (tertiary/aromatic N) is 3. The smallest absolute Gasteiger partial charge is 0.255 e. The number of anilines is 2. The van der Waals surface area contributed by atoms with E-state index in [-0.39, 0.29) is 18.3 Å². The Balaban J connectivity index is 1.54. The van der Waals surface area contributed by atoms with Crippen molar-refractivity contribution >= 4 is 33.5 Å². The predicted octanol–water partition coefficient (Wildman–Crippen LogP) is 6.09. The molecule has 1 aromatic heterocycles. The van der Waals surface area contributed by atoms with Crippen LogP contribution < -0.4 is 20.1 Å². The van der Waals surface area contributed by atoms with E-state index in [2.05, 4.69) is 36.6 Å². The van der Waals surface area contributed by atoms with Crippen LogP contribution in [0.15, 0.2) is 88.8 Å². The molecule has 1 atom stereocenters. The number of rotatable bonds is 8. The minimum Gasteiger partial charge on any atom is -0.490 e. The lowest BCUT2D eigenvalue weighted by atomic mass is 9.94. The van der Waals surface area contributed by atoms with Crippen molar-refractivity contribution in [2.75, 3.05) is 17.2 Å². The van der Waals surface area contributed by atoms with Gasteiger partial charge in [-0.3, -0.25) is 4.79 Å². The summed E-state index contributed by atoms with van der Waals surface area (Å²) in [6.07, 6.45) is 1.44. The number of nitrogens with one attached hydrogen (secondary N) is 2. The fourth-order valence-corrected chi connectivity index (χ4v) is 4.90. The molecule has 0 bridgehead atoms. The lowest BCUT2D eigenvalue weighted by molar-refractivity contribution is -0.113. The van der Waals surface area contributed by atoms with Gasteiger partial charge in [0.15, 0.2) is 11.5 Å². The third kappa shape index (κ3) is 5.12. The Morgan fingerprint density at radius 3 is 2.66 bits per heavy atom. The van der Waals surface area contributed by atoms with Gasteiger partial charge in [0.2, 0.25) is 5.95 Å². The molecule has 0 spiro atoms. The molecule has 2 heterocycles. The molecule has 38 heavy (non-hydrogen) atoms. The lowest BCUT2D eigenvalue weighted by Crippen LogP contribution is -2.31. The minimum absolute atomic E-state index is 0.0228. The van der Waals surface area contributed by atoms with Gasteiger partial charge in [0, 0.05) is 16.9 Å². The van der Waals surface area contributed by atoms with Gasteiger partial charge in [0.1, 0.15) is 24.8 Å². The summed E-state index contributed by atoms with van der Waals surface area (Å²) >= 11 is 3.61. The highest BCUT2D eigenvalue weighted by Gasteiger charge is 2.34. The molecule has 0 aliphatic carbocycles. The van der Waals surface area contributed by atoms with Crippen molar-refractivity contribution in [1.82, 2.24) is 14.8 Å². The van der Waals surface area contributed by atoms with Crippen LogP contribution in [0.1, 0.15) is 31.0 Å². The summed E-state index contributed by atoms with van der Waals surface area (Å²) in [5.74, 6) is 0.775. The minimum atomic E-state index is -0.603. The molecular formula is C28H25BrFN5O3. The Kier molecular flexibility index (Phi) is 7.41. The van der Waals surface area contributed by atoms with E-state index in [0.29, 0.717) is 51.0 Å². The Hall–Kier alpha value is -4.18. The second kappa shape index (κ2) is 11.1. The first-order valence-corrected chi connectivity index (χ1v) is 12.8. The third-order valence-corrected chi connectivity index (χ3v) is 6.64. The molecule has 1 amide bonds. The van der Waals surface area contributed by atoms with Crippen molar-refractivity contribution in [3.63, 3.8) is 0 Å². The number of hydrogen-bond donors (Lipinski definition) is 2. The van der Waals surface area contributed by atoms with Gasteiger partial charge in [-0.2, -0.15) is 10.1 Å². The molecule has 8 nitrogen and oxygen atoms in total. The van der Waals surface area contributed by atoms with E-state index in [1.165, 1.54) is 12.4 Å². The Labute approximate surface area is 227 Å². The van der Waals surface area contributed by atoms with Crippen LogP contribution >= 0.6 is 15.9 Å². The van der Waals surface area contributed by atoms with E-state index in [4.69, 9.17) is 9.47 Å². The number of benzene rings is 3. The highest BCUT2D eigenvalue weighted by Crippen LogP contribution is 2.43. The number of aromatic nitrogens is 3. The van der Waals surface area contributed by atoms with Crippen LogP contribution in [0.25, 0.3) is 0 Å². The van der Waals surface area contributed by atoms with Gasteiger partial charge in [-0.1, -0.05) is 36.4 Å². The topological polar surface area (TPSA) is 90.3 Å². The van der Waals surface area contributed by atoms with Crippen LogP contribution in [0, 0.1) is 5.82 Å². The van der Waals surface area contributed by atoms with Crippen molar-refractivity contribution in [2.24, 2.45) is 0 Å². The van der Waals surface area contributed by atoms with Crippen molar-refractivity contribution in [3.8, 4) is 11.5 Å². The summed E-state index contributed by atoms with van der Waals surface area (Å²) in [5, 5.41) is 10.5. The number of halogens is 2. The number of carbonyl (C=O) groups is 1. The zero-order chi connectivity index (χ0) is 26.6. The largest absolute Gasteiger partial charge is 0.490 e. The van der Waals surface area contributed by atoms with Gasteiger partial charge in [-0.15, -0.1) is 0 Å². The number of amides is 1. The maximum Gasteiger partial charge on any atom is 0.255 e. The standard InChI is InChI=1S/C28H25BrFN5O3/c1-3-37-23-14-19(13-21(29)26(23)38-15-18-9-7-8-12-22(18)30)25-24(17(2)33-28-31-16-32-35(25)28)27(36)34-20-10-5-4-6-11-20/h4-14,16,25H,3,15H2,1-2H3,(H,34,36)(H,31,32,33). The maximum atomic E-state index is 14.2. The first kappa shape index (κ1) is 25.5. The van der Waals surface area contributed by atoms with E-state index in [1.807, 2.05) is 56.3 Å². The van der Waals surface area contributed by atoms with Crippen LogP contribution in [0.5, 0.6) is 11.5 Å². The van der Waals surface area contributed by atoms with Crippen molar-refractivity contribution in [2.45, 2.75) is 26.5 Å². The lowest BCUT2D eigenvalue weighted by Gasteiger charge is -2.29. The van der Waals surface area contributed by atoms with Crippen molar-refractivity contribution in [1.29, 1.82) is 0 Å². The number of allylic oxidation sites excluding steroid dienone is 1. The maximum absolute atomic E-state index is 14.2. The molecule has 1 aliphatic rings. The molecule has 1 unspecified atom stereocenters. The molecule has 5 rings (SSSR count). The molecule has 3 aromatic carbocycles. The molecule has 0 saturated carbocycles. The Morgan fingerprint density at radius 2 is 1.89 bits per heavy atom. The SMILES string of the molecule is CCOc1cc(C2C(C(=O)Nc3ccccc3)=C(C)Nc3ncnn32)cc(Br)c1OCc1ccccc1F. The summed E-state index contributed by atoms with van der Waals surface area (Å²) in [6.45, 7) is 4.09. The van der Waals surface area contributed by atoms with Crippen molar-refractivity contribution < 1.29 is 18.7 Å². The van der Waals surface area contributed by atoms with E-state index in [9.17, 15) is 9.18 Å². The molecule has 10 heteroatoms. The number of carbonyl (C=O) groups excluding carboxylic acids is 1. The summed E-state index contributed by atoms with van der Waals surface area (Å²) in [6, 6.07) is 18.8. The van der Waals surface area contributed by atoms with Crippen LogP contribution in [0.4, 0.5) is 16.0 Å². The van der Waals surface area contributed by atoms with Crippen LogP contribution in [0.3, 0.4) is 0 Å². The van der Waals surface area contributed by atoms with Crippen LogP contribution in [-0.2, 0) is 11.4 Å². The van der Waals surface area contributed by atoms with E-state index >= 15 is 0 Å². The fourth-order valence-electron chi connectivity index (χ4n) is 4.33. The average Bonchev–Trinajstić information content (AvgIpc) is 3.37. The van der Waals surface area contributed by atoms with Gasteiger partial charge in [-0.25, -0.2) is 9.07 Å². The Bertz CT molecular complexity index is 1510. The molecule has 1 aliphatic heterocycles. The van der Waals surface area contributed by atoms with E-state index in [0.717, 1.165) is 5.56 Å². The van der Waals surface area contributed by atoms with Gasteiger partial charge >= 0.3 is 0 Å². The average molecular weight is 578 g/mol.